The Morgan fingerprint density at radius 3 is 2.53 bits per heavy atom. The number of nitrogens with zero attached hydrogens (tertiary/aromatic N) is 2. The van der Waals surface area contributed by atoms with Crippen molar-refractivity contribution >= 4 is 15.9 Å². The Balaban J connectivity index is 2.34. The highest BCUT2D eigenvalue weighted by Crippen LogP contribution is 2.34. The molecule has 0 spiro atoms. The van der Waals surface area contributed by atoms with Crippen LogP contribution in [-0.4, -0.2) is 9.78 Å². The second-order valence-electron chi connectivity index (χ2n) is 4.70. The fraction of sp³-hybridized carbons (Fsp3) is 0.357. The molecule has 0 fully saturated rings. The van der Waals surface area contributed by atoms with Gasteiger partial charge in [0.1, 0.15) is 11.4 Å². The first-order valence-electron chi connectivity index (χ1n) is 6.13. The minimum absolute atomic E-state index is 0.00668. The third-order valence-corrected chi connectivity index (χ3v) is 3.76. The van der Waals surface area contributed by atoms with Crippen LogP contribution >= 0.6 is 15.9 Å². The summed E-state index contributed by atoms with van der Waals surface area (Å²) in [6.07, 6.45) is 0. The van der Waals surface area contributed by atoms with Crippen molar-refractivity contribution in [3.63, 3.8) is 0 Å². The van der Waals surface area contributed by atoms with E-state index in [1.165, 1.54) is 0 Å². The number of ether oxygens (including phenoxy) is 1. The molecule has 0 unspecified atom stereocenters. The van der Waals surface area contributed by atoms with Gasteiger partial charge in [-0.2, -0.15) is 5.10 Å². The molecule has 102 valence electrons. The summed E-state index contributed by atoms with van der Waals surface area (Å²) in [5, 5.41) is 4.34. The summed E-state index contributed by atoms with van der Waals surface area (Å²) in [5.74, 6) is 1.57. The molecule has 1 atom stereocenters. The van der Waals surface area contributed by atoms with Crippen molar-refractivity contribution in [2.24, 2.45) is 12.8 Å². The summed E-state index contributed by atoms with van der Waals surface area (Å²) >= 11 is 3.52. The first kappa shape index (κ1) is 14.1. The van der Waals surface area contributed by atoms with Gasteiger partial charge in [-0.25, -0.2) is 0 Å². The highest BCUT2D eigenvalue weighted by atomic mass is 79.9. The second kappa shape index (κ2) is 5.35. The average Bonchev–Trinajstić information content (AvgIpc) is 2.58. The van der Waals surface area contributed by atoms with E-state index in [0.717, 1.165) is 32.9 Å². The molecule has 1 aromatic carbocycles. The highest BCUT2D eigenvalue weighted by molar-refractivity contribution is 9.10. The topological polar surface area (TPSA) is 53.1 Å². The summed E-state index contributed by atoms with van der Waals surface area (Å²) in [5.41, 5.74) is 8.81. The van der Waals surface area contributed by atoms with Crippen molar-refractivity contribution in [1.82, 2.24) is 9.78 Å². The van der Waals surface area contributed by atoms with Crippen LogP contribution in [0.4, 0.5) is 0 Å². The molecule has 19 heavy (non-hydrogen) atoms. The van der Waals surface area contributed by atoms with Gasteiger partial charge in [0, 0.05) is 13.1 Å². The highest BCUT2D eigenvalue weighted by Gasteiger charge is 2.13. The smallest absolute Gasteiger partial charge is 0.171 e. The Bertz CT molecular complexity index is 605. The van der Waals surface area contributed by atoms with E-state index < -0.39 is 0 Å². The molecule has 5 heteroatoms. The molecule has 0 aliphatic carbocycles. The number of nitrogens with two attached hydrogens (primary N) is 1. The van der Waals surface area contributed by atoms with Crippen LogP contribution in [0.3, 0.4) is 0 Å². The largest absolute Gasteiger partial charge is 0.452 e. The van der Waals surface area contributed by atoms with E-state index in [1.54, 1.807) is 0 Å². The van der Waals surface area contributed by atoms with Gasteiger partial charge in [0.15, 0.2) is 5.75 Å². The molecule has 0 aliphatic heterocycles. The van der Waals surface area contributed by atoms with Crippen molar-refractivity contribution in [3.8, 4) is 11.5 Å². The maximum absolute atomic E-state index is 5.96. The lowest BCUT2D eigenvalue weighted by molar-refractivity contribution is 0.471. The van der Waals surface area contributed by atoms with E-state index in [-0.39, 0.29) is 6.04 Å². The van der Waals surface area contributed by atoms with E-state index in [9.17, 15) is 0 Å². The van der Waals surface area contributed by atoms with Crippen LogP contribution in [-0.2, 0) is 7.05 Å². The number of aromatic nitrogens is 2. The maximum Gasteiger partial charge on any atom is 0.171 e. The first-order valence-corrected chi connectivity index (χ1v) is 6.92. The first-order chi connectivity index (χ1) is 8.90. The van der Waals surface area contributed by atoms with Gasteiger partial charge in [-0.05, 0) is 54.4 Å². The van der Waals surface area contributed by atoms with E-state index in [0.29, 0.717) is 0 Å². The van der Waals surface area contributed by atoms with Crippen molar-refractivity contribution < 1.29 is 4.74 Å². The average molecular weight is 324 g/mol. The Morgan fingerprint density at radius 1 is 1.37 bits per heavy atom. The molecular formula is C14H18BrN3O. The van der Waals surface area contributed by atoms with Crippen molar-refractivity contribution in [3.05, 3.63) is 39.6 Å². The second-order valence-corrected chi connectivity index (χ2v) is 5.56. The lowest BCUT2D eigenvalue weighted by atomic mass is 10.1. The van der Waals surface area contributed by atoms with Gasteiger partial charge in [0.25, 0.3) is 0 Å². The van der Waals surface area contributed by atoms with Gasteiger partial charge in [0.2, 0.25) is 0 Å². The minimum atomic E-state index is 0.00668. The van der Waals surface area contributed by atoms with Crippen LogP contribution in [0.2, 0.25) is 0 Å². The fourth-order valence-electron chi connectivity index (χ4n) is 1.89. The van der Waals surface area contributed by atoms with Gasteiger partial charge < -0.3 is 10.5 Å². The maximum atomic E-state index is 5.96. The summed E-state index contributed by atoms with van der Waals surface area (Å²) < 4.78 is 8.66. The van der Waals surface area contributed by atoms with E-state index >= 15 is 0 Å². The van der Waals surface area contributed by atoms with Crippen LogP contribution in [0.5, 0.6) is 11.5 Å². The van der Waals surface area contributed by atoms with E-state index in [4.69, 9.17) is 10.5 Å². The summed E-state index contributed by atoms with van der Waals surface area (Å²) in [6.45, 7) is 5.88. The van der Waals surface area contributed by atoms with Gasteiger partial charge in [-0.3, -0.25) is 4.68 Å². The zero-order valence-corrected chi connectivity index (χ0v) is 13.2. The SMILES string of the molecule is Cc1nn(C)c(C)c1Oc1ccc([C@@H](C)N)cc1Br. The van der Waals surface area contributed by atoms with Gasteiger partial charge in [0.05, 0.1) is 10.2 Å². The van der Waals surface area contributed by atoms with Crippen LogP contribution in [0.25, 0.3) is 0 Å². The lowest BCUT2D eigenvalue weighted by Gasteiger charge is -2.11. The van der Waals surface area contributed by atoms with Crippen LogP contribution in [0, 0.1) is 13.8 Å². The molecule has 0 aliphatic rings. The predicted octanol–water partition coefficient (Wildman–Crippen LogP) is 3.61. The Hall–Kier alpha value is -1.33. The van der Waals surface area contributed by atoms with E-state index in [1.807, 2.05) is 50.7 Å². The molecule has 0 bridgehead atoms. The number of benzene rings is 1. The fourth-order valence-corrected chi connectivity index (χ4v) is 2.37. The zero-order valence-electron chi connectivity index (χ0n) is 11.6. The summed E-state index contributed by atoms with van der Waals surface area (Å²) in [4.78, 5) is 0. The Kier molecular flexibility index (Phi) is 3.96. The number of hydrogen-bond donors (Lipinski definition) is 1. The quantitative estimate of drug-likeness (QED) is 0.938. The number of halogens is 1. The summed E-state index contributed by atoms with van der Waals surface area (Å²) in [7, 11) is 1.91. The monoisotopic (exact) mass is 323 g/mol. The number of hydrogen-bond acceptors (Lipinski definition) is 3. The van der Waals surface area contributed by atoms with Gasteiger partial charge >= 0.3 is 0 Å². The number of aryl methyl sites for hydroxylation is 2. The zero-order chi connectivity index (χ0) is 14.2. The van der Waals surface area contributed by atoms with Crippen molar-refractivity contribution in [2.75, 3.05) is 0 Å². The van der Waals surface area contributed by atoms with E-state index in [2.05, 4.69) is 21.0 Å². The lowest BCUT2D eigenvalue weighted by Crippen LogP contribution is -2.04. The molecule has 1 heterocycles. The molecule has 4 nitrogen and oxygen atoms in total. The number of rotatable bonds is 3. The molecule has 0 saturated carbocycles. The molecule has 2 aromatic rings. The summed E-state index contributed by atoms with van der Waals surface area (Å²) in [6, 6.07) is 5.90. The molecule has 0 radical (unpaired) electrons. The molecule has 2 rings (SSSR count). The van der Waals surface area contributed by atoms with Gasteiger partial charge in [-0.1, -0.05) is 6.07 Å². The Morgan fingerprint density at radius 2 is 2.05 bits per heavy atom. The van der Waals surface area contributed by atoms with Crippen LogP contribution < -0.4 is 10.5 Å². The van der Waals surface area contributed by atoms with Gasteiger partial charge in [-0.15, -0.1) is 0 Å². The standard InChI is InChI=1S/C14H18BrN3O/c1-8(16)11-5-6-13(12(15)7-11)19-14-9(2)17-18(4)10(14)3/h5-8H,16H2,1-4H3/t8-/m1/s1. The van der Waals surface area contributed by atoms with Crippen molar-refractivity contribution in [1.29, 1.82) is 0 Å². The molecular weight excluding hydrogens is 306 g/mol. The van der Waals surface area contributed by atoms with Crippen molar-refractivity contribution in [2.45, 2.75) is 26.8 Å². The minimum Gasteiger partial charge on any atom is -0.452 e. The molecule has 0 saturated heterocycles. The third-order valence-electron chi connectivity index (χ3n) is 3.14. The predicted molar refractivity (Wildman–Crippen MR) is 79.5 cm³/mol. The normalized spacial score (nSPS) is 12.5. The Labute approximate surface area is 121 Å². The van der Waals surface area contributed by atoms with Crippen LogP contribution in [0.15, 0.2) is 22.7 Å². The molecule has 0 amide bonds. The van der Waals surface area contributed by atoms with Crippen LogP contribution in [0.1, 0.15) is 29.9 Å². The third kappa shape index (κ3) is 2.82. The molecule has 2 N–H and O–H groups in total. The molecule has 1 aromatic heterocycles.